The molecule has 3 aromatic rings. The van der Waals surface area contributed by atoms with Crippen LogP contribution in [0.25, 0.3) is 11.2 Å². The summed E-state index contributed by atoms with van der Waals surface area (Å²) in [6, 6.07) is 7.56. The van der Waals surface area contributed by atoms with E-state index in [0.29, 0.717) is 31.3 Å². The first-order valence-corrected chi connectivity index (χ1v) is 11.0. The van der Waals surface area contributed by atoms with Crippen molar-refractivity contribution in [2.24, 2.45) is 7.05 Å². The quantitative estimate of drug-likeness (QED) is 0.404. The second kappa shape index (κ2) is 9.77. The number of fused-ring (bicyclic) bond motifs is 1. The number of nitrogens with one attached hydrogen (secondary N) is 1. The first-order valence-electron chi connectivity index (χ1n) is 11.0. The molecule has 33 heavy (non-hydrogen) atoms. The van der Waals surface area contributed by atoms with Crippen molar-refractivity contribution in [3.05, 3.63) is 50.7 Å². The van der Waals surface area contributed by atoms with E-state index < -0.39 is 17.4 Å². The largest absolute Gasteiger partial charge is 0.491 e. The zero-order chi connectivity index (χ0) is 23.5. The van der Waals surface area contributed by atoms with Crippen molar-refractivity contribution in [2.75, 3.05) is 50.8 Å². The van der Waals surface area contributed by atoms with Crippen LogP contribution in [0, 0.1) is 6.92 Å². The Hall–Kier alpha value is -3.15. The molecule has 4 rings (SSSR count). The Morgan fingerprint density at radius 2 is 1.97 bits per heavy atom. The minimum atomic E-state index is -0.908. The number of aryl methyl sites for hydroxylation is 2. The van der Waals surface area contributed by atoms with Gasteiger partial charge in [-0.05, 0) is 24.6 Å². The molecule has 11 heteroatoms. The van der Waals surface area contributed by atoms with E-state index in [1.807, 2.05) is 36.1 Å². The lowest BCUT2D eigenvalue weighted by atomic mass is 10.2. The van der Waals surface area contributed by atoms with E-state index in [-0.39, 0.29) is 30.9 Å². The second-order valence-corrected chi connectivity index (χ2v) is 8.35. The number of aromatic amines is 1. The molecule has 2 aromatic heterocycles. The van der Waals surface area contributed by atoms with Gasteiger partial charge in [0.2, 0.25) is 5.95 Å². The summed E-state index contributed by atoms with van der Waals surface area (Å²) < 4.78 is 8.71. The molecule has 0 saturated carbocycles. The third-order valence-electron chi connectivity index (χ3n) is 5.88. The number of H-pyrrole nitrogens is 1. The highest BCUT2D eigenvalue weighted by Gasteiger charge is 2.26. The van der Waals surface area contributed by atoms with Gasteiger partial charge in [0.25, 0.3) is 5.56 Å². The Bertz CT molecular complexity index is 1220. The van der Waals surface area contributed by atoms with Crippen molar-refractivity contribution >= 4 is 17.1 Å². The first-order chi connectivity index (χ1) is 15.9. The first kappa shape index (κ1) is 23.0. The summed E-state index contributed by atoms with van der Waals surface area (Å²) in [4.78, 5) is 36.0. The number of rotatable bonds is 8. The van der Waals surface area contributed by atoms with E-state index in [9.17, 15) is 19.8 Å². The van der Waals surface area contributed by atoms with Crippen LogP contribution in [-0.2, 0) is 13.6 Å². The third kappa shape index (κ3) is 4.95. The molecule has 0 bridgehead atoms. The third-order valence-corrected chi connectivity index (χ3v) is 5.88. The number of nitrogens with zero attached hydrogens (tertiary/aromatic N) is 5. The molecule has 3 N–H and O–H groups in total. The summed E-state index contributed by atoms with van der Waals surface area (Å²) in [6.45, 7) is 5.54. The van der Waals surface area contributed by atoms with Gasteiger partial charge in [0.05, 0.1) is 13.2 Å². The van der Waals surface area contributed by atoms with Crippen LogP contribution in [0.2, 0.25) is 0 Å². The highest BCUT2D eigenvalue weighted by molar-refractivity contribution is 5.74. The van der Waals surface area contributed by atoms with Gasteiger partial charge in [-0.1, -0.05) is 12.1 Å². The molecule has 1 aliphatic rings. The van der Waals surface area contributed by atoms with Crippen LogP contribution in [0.4, 0.5) is 5.95 Å². The summed E-state index contributed by atoms with van der Waals surface area (Å²) in [7, 11) is 1.55. The fraction of sp³-hybridized carbons (Fsp3) is 0.500. The summed E-state index contributed by atoms with van der Waals surface area (Å²) in [5.74, 6) is 1.18. The molecule has 1 aliphatic heterocycles. The van der Waals surface area contributed by atoms with Crippen LogP contribution >= 0.6 is 0 Å². The number of aliphatic hydroxyl groups excluding tert-OH is 2. The second-order valence-electron chi connectivity index (χ2n) is 8.35. The number of aliphatic hydroxyl groups is 2. The highest BCUT2D eigenvalue weighted by Crippen LogP contribution is 2.22. The molecule has 0 amide bonds. The van der Waals surface area contributed by atoms with E-state index in [1.54, 1.807) is 11.6 Å². The van der Waals surface area contributed by atoms with Crippen molar-refractivity contribution in [2.45, 2.75) is 19.6 Å². The Labute approximate surface area is 190 Å². The van der Waals surface area contributed by atoms with Gasteiger partial charge in [0.15, 0.2) is 11.2 Å². The van der Waals surface area contributed by atoms with E-state index in [2.05, 4.69) is 14.9 Å². The zero-order valence-electron chi connectivity index (χ0n) is 18.9. The Morgan fingerprint density at radius 1 is 1.21 bits per heavy atom. The summed E-state index contributed by atoms with van der Waals surface area (Å²) >= 11 is 0. The minimum absolute atomic E-state index is 0.0382. The van der Waals surface area contributed by atoms with Gasteiger partial charge < -0.3 is 24.4 Å². The van der Waals surface area contributed by atoms with E-state index in [1.165, 1.54) is 4.57 Å². The molecule has 0 aliphatic carbocycles. The van der Waals surface area contributed by atoms with E-state index >= 15 is 0 Å². The number of ether oxygens (including phenoxy) is 1. The van der Waals surface area contributed by atoms with Crippen LogP contribution in [0.1, 0.15) is 5.56 Å². The van der Waals surface area contributed by atoms with Gasteiger partial charge in [-0.25, -0.2) is 4.79 Å². The number of imidazole rings is 1. The van der Waals surface area contributed by atoms with Crippen molar-refractivity contribution in [1.82, 2.24) is 24.0 Å². The molecule has 1 aromatic carbocycles. The molecule has 0 spiro atoms. The van der Waals surface area contributed by atoms with Gasteiger partial charge in [-0.3, -0.25) is 19.2 Å². The lowest BCUT2D eigenvalue weighted by molar-refractivity contribution is 0.0934. The molecule has 3 heterocycles. The maximum Gasteiger partial charge on any atom is 0.329 e. The standard InChI is InChI=1S/C22H30N6O5/c1-15-4-3-5-17(12-15)33-14-16(30)13-28-18-19(25(2)22(32)24-20(18)31)23-21(28)27-8-6-26(7-9-27)10-11-29/h3-5,12,16,29-30H,6-11,13-14H2,1-2H3,(H,24,31,32)/t16-/m1/s1. The van der Waals surface area contributed by atoms with Crippen molar-refractivity contribution in [3.63, 3.8) is 0 Å². The molecule has 0 radical (unpaired) electrons. The summed E-state index contributed by atoms with van der Waals surface area (Å²) in [5.41, 5.74) is 0.470. The fourth-order valence-electron chi connectivity index (χ4n) is 4.11. The molecular weight excluding hydrogens is 428 g/mol. The topological polar surface area (TPSA) is 129 Å². The molecule has 1 saturated heterocycles. The number of β-amino-alcohol motifs (C(OH)–C–C–N with tert-alkyl or cyclic N) is 1. The Balaban J connectivity index is 1.62. The fourth-order valence-corrected chi connectivity index (χ4v) is 4.11. The number of piperazine rings is 1. The molecular formula is C22H30N6O5. The van der Waals surface area contributed by atoms with Crippen LogP contribution < -0.4 is 20.9 Å². The molecule has 1 fully saturated rings. The Kier molecular flexibility index (Phi) is 6.82. The van der Waals surface area contributed by atoms with Gasteiger partial charge in [-0.2, -0.15) is 4.98 Å². The van der Waals surface area contributed by atoms with Gasteiger partial charge in [0.1, 0.15) is 18.5 Å². The lowest BCUT2D eigenvalue weighted by Crippen LogP contribution is -2.48. The monoisotopic (exact) mass is 458 g/mol. The van der Waals surface area contributed by atoms with Crippen LogP contribution in [0.15, 0.2) is 33.9 Å². The number of hydrogen-bond acceptors (Lipinski definition) is 8. The molecule has 1 atom stereocenters. The highest BCUT2D eigenvalue weighted by atomic mass is 16.5. The number of aromatic nitrogens is 4. The SMILES string of the molecule is Cc1cccc(OC[C@H](O)Cn2c(N3CCN(CCO)CC3)nc3c2c(=O)[nH]c(=O)n3C)c1. The van der Waals surface area contributed by atoms with Crippen molar-refractivity contribution in [3.8, 4) is 5.75 Å². The van der Waals surface area contributed by atoms with E-state index in [4.69, 9.17) is 4.74 Å². The predicted molar refractivity (Wildman–Crippen MR) is 124 cm³/mol. The number of benzene rings is 1. The van der Waals surface area contributed by atoms with Gasteiger partial charge in [0, 0.05) is 39.8 Å². The minimum Gasteiger partial charge on any atom is -0.491 e. The summed E-state index contributed by atoms with van der Waals surface area (Å²) in [6.07, 6.45) is -0.908. The van der Waals surface area contributed by atoms with E-state index in [0.717, 1.165) is 18.7 Å². The maximum atomic E-state index is 12.7. The average Bonchev–Trinajstić information content (AvgIpc) is 3.17. The molecule has 0 unspecified atom stereocenters. The van der Waals surface area contributed by atoms with Crippen LogP contribution in [0.5, 0.6) is 5.75 Å². The number of hydrogen-bond donors (Lipinski definition) is 3. The number of anilines is 1. The average molecular weight is 459 g/mol. The van der Waals surface area contributed by atoms with Crippen LogP contribution in [-0.4, -0.2) is 86.3 Å². The smallest absolute Gasteiger partial charge is 0.329 e. The summed E-state index contributed by atoms with van der Waals surface area (Å²) in [5, 5.41) is 19.9. The van der Waals surface area contributed by atoms with Crippen molar-refractivity contribution < 1.29 is 14.9 Å². The normalized spacial score (nSPS) is 15.8. The molecule has 11 nitrogen and oxygen atoms in total. The molecule has 178 valence electrons. The zero-order valence-corrected chi connectivity index (χ0v) is 18.9. The van der Waals surface area contributed by atoms with Gasteiger partial charge in [-0.15, -0.1) is 0 Å². The predicted octanol–water partition coefficient (Wildman–Crippen LogP) is -0.714. The van der Waals surface area contributed by atoms with Crippen molar-refractivity contribution in [1.29, 1.82) is 0 Å². The van der Waals surface area contributed by atoms with Gasteiger partial charge >= 0.3 is 5.69 Å². The Morgan fingerprint density at radius 3 is 2.67 bits per heavy atom. The van der Waals surface area contributed by atoms with Crippen LogP contribution in [0.3, 0.4) is 0 Å². The lowest BCUT2D eigenvalue weighted by Gasteiger charge is -2.35. The maximum absolute atomic E-state index is 12.7.